The Hall–Kier alpha value is -0.0800. The molecule has 0 aliphatic heterocycles. The average Bonchev–Trinajstić information content (AvgIpc) is 2.03. The van der Waals surface area contributed by atoms with Gasteiger partial charge in [-0.25, -0.2) is 0 Å². The standard InChI is InChI=1S/C9H19O2/c1-4-6-8-11-9(10-3)7-5-2/h8-9H,4-7H2,1-3H3. The first kappa shape index (κ1) is 10.9. The summed E-state index contributed by atoms with van der Waals surface area (Å²) in [5, 5.41) is 0. The van der Waals surface area contributed by atoms with Crippen LogP contribution >= 0.6 is 0 Å². The topological polar surface area (TPSA) is 18.5 Å². The molecule has 0 aromatic rings. The zero-order valence-electron chi connectivity index (χ0n) is 7.80. The molecule has 1 unspecified atom stereocenters. The molecule has 0 saturated heterocycles. The molecule has 1 radical (unpaired) electrons. The normalized spacial score (nSPS) is 13.4. The molecule has 0 bridgehead atoms. The lowest BCUT2D eigenvalue weighted by Gasteiger charge is -2.14. The Bertz CT molecular complexity index is 74.0. The van der Waals surface area contributed by atoms with Crippen LogP contribution in [0.1, 0.15) is 39.5 Å². The van der Waals surface area contributed by atoms with Crippen LogP contribution in [0.4, 0.5) is 0 Å². The lowest BCUT2D eigenvalue weighted by Crippen LogP contribution is -2.13. The molecule has 0 aliphatic rings. The molecular formula is C9H19O2. The number of hydrogen-bond acceptors (Lipinski definition) is 2. The van der Waals surface area contributed by atoms with Gasteiger partial charge >= 0.3 is 0 Å². The molecule has 0 heterocycles. The van der Waals surface area contributed by atoms with Gasteiger partial charge in [0.05, 0.1) is 6.61 Å². The van der Waals surface area contributed by atoms with E-state index in [2.05, 4.69) is 13.8 Å². The molecule has 11 heavy (non-hydrogen) atoms. The van der Waals surface area contributed by atoms with Gasteiger partial charge in [0, 0.05) is 7.11 Å². The Labute approximate surface area is 69.9 Å². The maximum atomic E-state index is 5.32. The summed E-state index contributed by atoms with van der Waals surface area (Å²) in [5.74, 6) is 0. The van der Waals surface area contributed by atoms with E-state index in [1.54, 1.807) is 7.11 Å². The fraction of sp³-hybridized carbons (Fsp3) is 0.889. The van der Waals surface area contributed by atoms with Gasteiger partial charge in [0.2, 0.25) is 0 Å². The van der Waals surface area contributed by atoms with Crippen molar-refractivity contribution in [3.05, 3.63) is 6.61 Å². The molecule has 0 N–H and O–H groups in total. The van der Waals surface area contributed by atoms with E-state index >= 15 is 0 Å². The third-order valence-electron chi connectivity index (χ3n) is 1.44. The van der Waals surface area contributed by atoms with Crippen molar-refractivity contribution in [3.63, 3.8) is 0 Å². The predicted octanol–water partition coefficient (Wildman–Crippen LogP) is 2.74. The summed E-state index contributed by atoms with van der Waals surface area (Å²) in [6.07, 6.45) is 4.16. The van der Waals surface area contributed by atoms with Crippen LogP contribution in [0.5, 0.6) is 0 Å². The second-order valence-corrected chi connectivity index (χ2v) is 2.55. The predicted molar refractivity (Wildman–Crippen MR) is 46.0 cm³/mol. The third-order valence-corrected chi connectivity index (χ3v) is 1.44. The van der Waals surface area contributed by atoms with Crippen molar-refractivity contribution in [3.8, 4) is 0 Å². The minimum atomic E-state index is -0.0356. The molecule has 0 spiro atoms. The summed E-state index contributed by atoms with van der Waals surface area (Å²) in [6, 6.07) is 0. The van der Waals surface area contributed by atoms with Gasteiger partial charge < -0.3 is 9.47 Å². The van der Waals surface area contributed by atoms with Gasteiger partial charge in [-0.3, -0.25) is 0 Å². The second kappa shape index (κ2) is 8.02. The van der Waals surface area contributed by atoms with Crippen molar-refractivity contribution in [2.24, 2.45) is 0 Å². The van der Waals surface area contributed by atoms with Crippen LogP contribution < -0.4 is 0 Å². The highest BCUT2D eigenvalue weighted by Crippen LogP contribution is 2.06. The maximum Gasteiger partial charge on any atom is 0.157 e. The first-order valence-corrected chi connectivity index (χ1v) is 4.35. The van der Waals surface area contributed by atoms with Crippen LogP contribution in [0.25, 0.3) is 0 Å². The van der Waals surface area contributed by atoms with Gasteiger partial charge in [-0.1, -0.05) is 26.7 Å². The van der Waals surface area contributed by atoms with Crippen LogP contribution in [-0.4, -0.2) is 13.4 Å². The first-order valence-electron chi connectivity index (χ1n) is 4.35. The SMILES string of the molecule is CCC[CH]OC(CCC)OC. The van der Waals surface area contributed by atoms with E-state index in [1.165, 1.54) is 0 Å². The number of methoxy groups -OCH3 is 1. The van der Waals surface area contributed by atoms with Gasteiger partial charge in [-0.2, -0.15) is 0 Å². The van der Waals surface area contributed by atoms with E-state index in [-0.39, 0.29) is 6.29 Å². The van der Waals surface area contributed by atoms with E-state index in [0.717, 1.165) is 25.7 Å². The molecule has 2 heteroatoms. The minimum Gasteiger partial charge on any atom is -0.356 e. The number of rotatable bonds is 7. The molecule has 67 valence electrons. The van der Waals surface area contributed by atoms with E-state index < -0.39 is 0 Å². The lowest BCUT2D eigenvalue weighted by molar-refractivity contribution is -0.105. The highest BCUT2D eigenvalue weighted by atomic mass is 16.7. The summed E-state index contributed by atoms with van der Waals surface area (Å²) in [7, 11) is 1.68. The van der Waals surface area contributed by atoms with Crippen LogP contribution in [0.2, 0.25) is 0 Å². The molecule has 2 nitrogen and oxygen atoms in total. The molecule has 0 saturated carbocycles. The fourth-order valence-corrected chi connectivity index (χ4v) is 0.770. The van der Waals surface area contributed by atoms with Crippen molar-refractivity contribution in [1.82, 2.24) is 0 Å². The Morgan fingerprint density at radius 3 is 2.45 bits per heavy atom. The van der Waals surface area contributed by atoms with Crippen molar-refractivity contribution < 1.29 is 9.47 Å². The highest BCUT2D eigenvalue weighted by molar-refractivity contribution is 4.51. The van der Waals surface area contributed by atoms with E-state index in [9.17, 15) is 0 Å². The monoisotopic (exact) mass is 159 g/mol. The smallest absolute Gasteiger partial charge is 0.157 e. The molecule has 1 atom stereocenters. The summed E-state index contributed by atoms with van der Waals surface area (Å²) in [5.41, 5.74) is 0. The van der Waals surface area contributed by atoms with Gasteiger partial charge in [-0.05, 0) is 12.8 Å². The van der Waals surface area contributed by atoms with Crippen LogP contribution in [0, 0.1) is 6.61 Å². The molecule has 0 amide bonds. The average molecular weight is 159 g/mol. The first-order chi connectivity index (χ1) is 5.35. The lowest BCUT2D eigenvalue weighted by atomic mass is 10.3. The van der Waals surface area contributed by atoms with Crippen LogP contribution in [0.3, 0.4) is 0 Å². The van der Waals surface area contributed by atoms with E-state index in [1.807, 2.05) is 6.61 Å². The number of ether oxygens (including phenoxy) is 2. The number of hydrogen-bond donors (Lipinski definition) is 0. The quantitative estimate of drug-likeness (QED) is 0.420. The fourth-order valence-electron chi connectivity index (χ4n) is 0.770. The molecule has 0 fully saturated rings. The maximum absolute atomic E-state index is 5.32. The summed E-state index contributed by atoms with van der Waals surface area (Å²) < 4.78 is 10.4. The second-order valence-electron chi connectivity index (χ2n) is 2.55. The zero-order valence-corrected chi connectivity index (χ0v) is 7.80. The van der Waals surface area contributed by atoms with Crippen molar-refractivity contribution in [2.45, 2.75) is 45.8 Å². The van der Waals surface area contributed by atoms with Gasteiger partial charge in [0.15, 0.2) is 6.29 Å². The van der Waals surface area contributed by atoms with Gasteiger partial charge in [-0.15, -0.1) is 0 Å². The van der Waals surface area contributed by atoms with Crippen LogP contribution in [-0.2, 0) is 9.47 Å². The zero-order chi connectivity index (χ0) is 8.53. The molecular weight excluding hydrogens is 140 g/mol. The Kier molecular flexibility index (Phi) is 7.96. The minimum absolute atomic E-state index is 0.0356. The van der Waals surface area contributed by atoms with Gasteiger partial charge in [0.25, 0.3) is 0 Å². The molecule has 0 aromatic carbocycles. The van der Waals surface area contributed by atoms with Gasteiger partial charge in [0.1, 0.15) is 0 Å². The van der Waals surface area contributed by atoms with Crippen molar-refractivity contribution >= 4 is 0 Å². The molecule has 0 aromatic heterocycles. The van der Waals surface area contributed by atoms with Crippen molar-refractivity contribution in [2.75, 3.05) is 7.11 Å². The van der Waals surface area contributed by atoms with Crippen molar-refractivity contribution in [1.29, 1.82) is 0 Å². The summed E-state index contributed by atoms with van der Waals surface area (Å²) in [4.78, 5) is 0. The largest absolute Gasteiger partial charge is 0.356 e. The third kappa shape index (κ3) is 6.32. The van der Waals surface area contributed by atoms with E-state index in [4.69, 9.17) is 9.47 Å². The summed E-state index contributed by atoms with van der Waals surface area (Å²) >= 11 is 0. The van der Waals surface area contributed by atoms with Crippen LogP contribution in [0.15, 0.2) is 0 Å². The highest BCUT2D eigenvalue weighted by Gasteiger charge is 2.04. The molecule has 0 rings (SSSR count). The summed E-state index contributed by atoms with van der Waals surface area (Å²) in [6.45, 7) is 6.08. The Morgan fingerprint density at radius 1 is 1.27 bits per heavy atom. The Morgan fingerprint density at radius 2 is 2.00 bits per heavy atom. The Balaban J connectivity index is 3.20. The van der Waals surface area contributed by atoms with E-state index in [0.29, 0.717) is 0 Å². The molecule has 0 aliphatic carbocycles. The number of unbranched alkanes of at least 4 members (excludes halogenated alkanes) is 1.